The van der Waals surface area contributed by atoms with Gasteiger partial charge in [0.1, 0.15) is 0 Å². The highest BCUT2D eigenvalue weighted by atomic mass is 35.5. The van der Waals surface area contributed by atoms with Crippen LogP contribution in [0.2, 0.25) is 5.02 Å². The molecule has 2 aromatic carbocycles. The fourth-order valence-corrected chi connectivity index (χ4v) is 2.71. The van der Waals surface area contributed by atoms with E-state index in [9.17, 15) is 0 Å². The maximum atomic E-state index is 6.30. The lowest BCUT2D eigenvalue weighted by atomic mass is 10.0. The molecule has 0 bridgehead atoms. The molecule has 3 heteroatoms. The van der Waals surface area contributed by atoms with Gasteiger partial charge in [-0.1, -0.05) is 35.9 Å². The van der Waals surface area contributed by atoms with Crippen molar-refractivity contribution in [1.82, 2.24) is 0 Å². The number of nitrogens with zero attached hydrogens (tertiary/aromatic N) is 1. The topological polar surface area (TPSA) is 15.3 Å². The van der Waals surface area contributed by atoms with Crippen molar-refractivity contribution in [3.63, 3.8) is 0 Å². The second-order valence-corrected chi connectivity index (χ2v) is 5.69. The lowest BCUT2D eigenvalue weighted by Crippen LogP contribution is -2.11. The Balaban J connectivity index is 2.18. The van der Waals surface area contributed by atoms with E-state index in [0.29, 0.717) is 0 Å². The number of hydrogen-bond donors (Lipinski definition) is 1. The Morgan fingerprint density at radius 3 is 2.40 bits per heavy atom. The van der Waals surface area contributed by atoms with E-state index in [0.717, 1.165) is 16.4 Å². The molecule has 0 aliphatic heterocycles. The van der Waals surface area contributed by atoms with Gasteiger partial charge in [0.05, 0.1) is 10.7 Å². The highest BCUT2D eigenvalue weighted by Gasteiger charge is 2.09. The maximum absolute atomic E-state index is 6.30. The Morgan fingerprint density at radius 2 is 1.80 bits per heavy atom. The molecule has 1 unspecified atom stereocenters. The van der Waals surface area contributed by atoms with Crippen LogP contribution in [-0.2, 0) is 0 Å². The Hall–Kier alpha value is -1.67. The summed E-state index contributed by atoms with van der Waals surface area (Å²) >= 11 is 6.30. The normalized spacial score (nSPS) is 12.1. The minimum Gasteiger partial charge on any atom is -0.378 e. The van der Waals surface area contributed by atoms with Crippen molar-refractivity contribution in [2.45, 2.75) is 19.9 Å². The van der Waals surface area contributed by atoms with Gasteiger partial charge >= 0.3 is 0 Å². The van der Waals surface area contributed by atoms with Crippen molar-refractivity contribution in [3.05, 3.63) is 58.6 Å². The van der Waals surface area contributed by atoms with Crippen molar-refractivity contribution >= 4 is 23.0 Å². The molecule has 106 valence electrons. The molecule has 0 spiro atoms. The molecule has 20 heavy (non-hydrogen) atoms. The second kappa shape index (κ2) is 6.19. The van der Waals surface area contributed by atoms with Gasteiger partial charge in [0.2, 0.25) is 0 Å². The van der Waals surface area contributed by atoms with Gasteiger partial charge in [-0.2, -0.15) is 0 Å². The van der Waals surface area contributed by atoms with Gasteiger partial charge in [0, 0.05) is 25.8 Å². The van der Waals surface area contributed by atoms with Gasteiger partial charge in [0.25, 0.3) is 0 Å². The Bertz CT molecular complexity index is 593. The predicted molar refractivity (Wildman–Crippen MR) is 89.0 cm³/mol. The van der Waals surface area contributed by atoms with Gasteiger partial charge in [-0.05, 0) is 43.2 Å². The first-order valence-electron chi connectivity index (χ1n) is 6.78. The summed E-state index contributed by atoms with van der Waals surface area (Å²) in [7, 11) is 3.98. The number of benzene rings is 2. The highest BCUT2D eigenvalue weighted by molar-refractivity contribution is 6.33. The van der Waals surface area contributed by atoms with Crippen LogP contribution >= 0.6 is 11.6 Å². The van der Waals surface area contributed by atoms with Crippen molar-refractivity contribution < 1.29 is 0 Å². The van der Waals surface area contributed by atoms with E-state index in [1.165, 1.54) is 11.1 Å². The molecule has 0 aliphatic carbocycles. The quantitative estimate of drug-likeness (QED) is 0.862. The Kier molecular flexibility index (Phi) is 4.56. The van der Waals surface area contributed by atoms with Crippen LogP contribution in [0.15, 0.2) is 42.5 Å². The van der Waals surface area contributed by atoms with Gasteiger partial charge in [-0.3, -0.25) is 0 Å². The molecule has 1 atom stereocenters. The molecule has 0 saturated carbocycles. The third-order valence-corrected chi connectivity index (χ3v) is 3.77. The van der Waals surface area contributed by atoms with E-state index >= 15 is 0 Å². The molecule has 0 fully saturated rings. The predicted octanol–water partition coefficient (Wildman–Crippen LogP) is 4.89. The minimum atomic E-state index is 0.248. The number of hydrogen-bond acceptors (Lipinski definition) is 2. The van der Waals surface area contributed by atoms with Gasteiger partial charge in [0.15, 0.2) is 0 Å². The summed E-state index contributed by atoms with van der Waals surface area (Å²) in [6.45, 7) is 4.30. The van der Waals surface area contributed by atoms with Crippen LogP contribution in [0.5, 0.6) is 0 Å². The maximum Gasteiger partial charge on any atom is 0.0659 e. The number of aryl methyl sites for hydroxylation is 1. The number of halogens is 1. The number of rotatable bonds is 4. The summed E-state index contributed by atoms with van der Waals surface area (Å²) in [6.07, 6.45) is 0. The van der Waals surface area contributed by atoms with Crippen LogP contribution in [0.3, 0.4) is 0 Å². The summed E-state index contributed by atoms with van der Waals surface area (Å²) in [4.78, 5) is 2.01. The van der Waals surface area contributed by atoms with Crippen molar-refractivity contribution in [1.29, 1.82) is 0 Å². The van der Waals surface area contributed by atoms with Gasteiger partial charge in [-0.25, -0.2) is 0 Å². The van der Waals surface area contributed by atoms with Gasteiger partial charge in [-0.15, -0.1) is 0 Å². The zero-order valence-electron chi connectivity index (χ0n) is 12.4. The fraction of sp³-hybridized carbons (Fsp3) is 0.294. The lowest BCUT2D eigenvalue weighted by Gasteiger charge is -2.20. The molecule has 0 aliphatic rings. The van der Waals surface area contributed by atoms with E-state index in [-0.39, 0.29) is 6.04 Å². The number of anilines is 2. The molecule has 0 aromatic heterocycles. The summed E-state index contributed by atoms with van der Waals surface area (Å²) in [5.74, 6) is 0. The molecule has 2 aromatic rings. The summed E-state index contributed by atoms with van der Waals surface area (Å²) < 4.78 is 0. The van der Waals surface area contributed by atoms with Crippen LogP contribution < -0.4 is 10.2 Å². The monoisotopic (exact) mass is 288 g/mol. The lowest BCUT2D eigenvalue weighted by molar-refractivity contribution is 0.874. The van der Waals surface area contributed by atoms with Gasteiger partial charge < -0.3 is 10.2 Å². The third kappa shape index (κ3) is 3.26. The molecule has 0 heterocycles. The fourth-order valence-electron chi connectivity index (χ4n) is 2.36. The van der Waals surface area contributed by atoms with Crippen LogP contribution in [0.4, 0.5) is 11.4 Å². The average Bonchev–Trinajstić information content (AvgIpc) is 2.38. The summed E-state index contributed by atoms with van der Waals surface area (Å²) in [5.41, 5.74) is 4.67. The SMILES string of the molecule is Cc1ccccc1C(C)Nc1ccc(N(C)C)c(Cl)c1. The first kappa shape index (κ1) is 14.7. The van der Waals surface area contributed by atoms with Crippen LogP contribution in [0, 0.1) is 6.92 Å². The third-order valence-electron chi connectivity index (χ3n) is 3.47. The molecule has 0 saturated heterocycles. The Morgan fingerprint density at radius 1 is 1.10 bits per heavy atom. The smallest absolute Gasteiger partial charge is 0.0659 e. The van der Waals surface area contributed by atoms with E-state index in [4.69, 9.17) is 11.6 Å². The molecular formula is C17H21ClN2. The summed E-state index contributed by atoms with van der Waals surface area (Å²) in [5, 5.41) is 4.26. The molecule has 1 N–H and O–H groups in total. The highest BCUT2D eigenvalue weighted by Crippen LogP contribution is 2.29. The standard InChI is InChI=1S/C17H21ClN2/c1-12-7-5-6-8-15(12)13(2)19-14-9-10-17(20(3)4)16(18)11-14/h5-11,13,19H,1-4H3. The van der Waals surface area contributed by atoms with Crippen molar-refractivity contribution in [2.24, 2.45) is 0 Å². The zero-order chi connectivity index (χ0) is 14.7. The van der Waals surface area contributed by atoms with Crippen LogP contribution in [-0.4, -0.2) is 14.1 Å². The molecule has 2 nitrogen and oxygen atoms in total. The first-order valence-corrected chi connectivity index (χ1v) is 7.16. The zero-order valence-corrected chi connectivity index (χ0v) is 13.2. The van der Waals surface area contributed by atoms with Crippen molar-refractivity contribution in [3.8, 4) is 0 Å². The average molecular weight is 289 g/mol. The molecule has 0 radical (unpaired) electrons. The Labute approximate surface area is 126 Å². The minimum absolute atomic E-state index is 0.248. The van der Waals surface area contributed by atoms with E-state index in [1.54, 1.807) is 0 Å². The first-order chi connectivity index (χ1) is 9.49. The largest absolute Gasteiger partial charge is 0.378 e. The molecule has 0 amide bonds. The summed E-state index contributed by atoms with van der Waals surface area (Å²) in [6, 6.07) is 14.8. The van der Waals surface area contributed by atoms with Crippen LogP contribution in [0.25, 0.3) is 0 Å². The second-order valence-electron chi connectivity index (χ2n) is 5.28. The van der Waals surface area contributed by atoms with E-state index < -0.39 is 0 Å². The van der Waals surface area contributed by atoms with E-state index in [1.807, 2.05) is 31.1 Å². The van der Waals surface area contributed by atoms with E-state index in [2.05, 4.69) is 49.5 Å². The van der Waals surface area contributed by atoms with Crippen molar-refractivity contribution in [2.75, 3.05) is 24.3 Å². The number of nitrogens with one attached hydrogen (secondary N) is 1. The van der Waals surface area contributed by atoms with Crippen LogP contribution in [0.1, 0.15) is 24.1 Å². The molecular weight excluding hydrogens is 268 g/mol. The molecule has 2 rings (SSSR count).